The Morgan fingerprint density at radius 3 is 2.00 bits per heavy atom. The molecule has 0 aliphatic carbocycles. The predicted molar refractivity (Wildman–Crippen MR) is 81.1 cm³/mol. The van der Waals surface area contributed by atoms with Crippen LogP contribution < -0.4 is 4.74 Å². The number of carbonyl (C=O) groups excluding carboxylic acids is 1. The van der Waals surface area contributed by atoms with Gasteiger partial charge in [0.2, 0.25) is 0 Å². The van der Waals surface area contributed by atoms with E-state index in [1.54, 1.807) is 0 Å². The molecule has 0 fully saturated rings. The van der Waals surface area contributed by atoms with Crippen LogP contribution in [0.25, 0.3) is 0 Å². The Bertz CT molecular complexity index is 908. The van der Waals surface area contributed by atoms with Crippen molar-refractivity contribution in [1.29, 1.82) is 0 Å². The zero-order valence-electron chi connectivity index (χ0n) is 12.6. The minimum atomic E-state index is -5.15. The van der Waals surface area contributed by atoms with Crippen LogP contribution in [0.4, 0.5) is 28.9 Å². The SMILES string of the molecule is O=C(Oc1c([N+](=O)[O-])cc(C(F)(F)F)cc1[N+](=O)[O-])c1c(F)cccc1Cl. The fourth-order valence-electron chi connectivity index (χ4n) is 1.97. The van der Waals surface area contributed by atoms with Gasteiger partial charge in [-0.3, -0.25) is 20.2 Å². The summed E-state index contributed by atoms with van der Waals surface area (Å²) in [7, 11) is 0. The highest BCUT2D eigenvalue weighted by Gasteiger charge is 2.39. The number of benzene rings is 2. The largest absolute Gasteiger partial charge is 0.416 e. The van der Waals surface area contributed by atoms with Crippen LogP contribution in [0.2, 0.25) is 5.02 Å². The molecule has 0 N–H and O–H groups in total. The molecule has 8 nitrogen and oxygen atoms in total. The highest BCUT2D eigenvalue weighted by molar-refractivity contribution is 6.33. The van der Waals surface area contributed by atoms with Crippen molar-refractivity contribution < 1.29 is 36.9 Å². The van der Waals surface area contributed by atoms with Crippen molar-refractivity contribution >= 4 is 28.9 Å². The van der Waals surface area contributed by atoms with Crippen molar-refractivity contribution in [2.24, 2.45) is 0 Å². The molecule has 0 heterocycles. The zero-order valence-corrected chi connectivity index (χ0v) is 13.4. The summed E-state index contributed by atoms with van der Waals surface area (Å²) in [6.45, 7) is 0. The number of carbonyl (C=O) groups is 1. The maximum absolute atomic E-state index is 13.7. The topological polar surface area (TPSA) is 113 Å². The highest BCUT2D eigenvalue weighted by atomic mass is 35.5. The molecule has 0 aliphatic rings. The van der Waals surface area contributed by atoms with E-state index in [4.69, 9.17) is 11.6 Å². The van der Waals surface area contributed by atoms with Gasteiger partial charge in [-0.05, 0) is 12.1 Å². The lowest BCUT2D eigenvalue weighted by molar-refractivity contribution is -0.396. The van der Waals surface area contributed by atoms with Crippen LogP contribution >= 0.6 is 11.6 Å². The number of nitro benzene ring substituents is 2. The van der Waals surface area contributed by atoms with Crippen LogP contribution in [-0.2, 0) is 6.18 Å². The van der Waals surface area contributed by atoms with Gasteiger partial charge in [0, 0.05) is 12.1 Å². The number of nitro groups is 2. The molecule has 0 aliphatic heterocycles. The lowest BCUT2D eigenvalue weighted by Crippen LogP contribution is -2.15. The van der Waals surface area contributed by atoms with Crippen molar-refractivity contribution in [3.05, 3.63) is 72.5 Å². The van der Waals surface area contributed by atoms with Gasteiger partial charge in [0.15, 0.2) is 0 Å². The van der Waals surface area contributed by atoms with Crippen LogP contribution in [0.3, 0.4) is 0 Å². The van der Waals surface area contributed by atoms with Gasteiger partial charge in [-0.1, -0.05) is 17.7 Å². The van der Waals surface area contributed by atoms with Crippen LogP contribution in [-0.4, -0.2) is 15.8 Å². The molecule has 0 spiro atoms. The fourth-order valence-corrected chi connectivity index (χ4v) is 2.21. The number of esters is 1. The first-order valence-electron chi connectivity index (χ1n) is 6.63. The molecule has 13 heteroatoms. The number of nitrogens with zero attached hydrogens (tertiary/aromatic N) is 2. The molecule has 0 saturated heterocycles. The maximum Gasteiger partial charge on any atom is 0.416 e. The van der Waals surface area contributed by atoms with E-state index in [2.05, 4.69) is 4.74 Å². The second-order valence-electron chi connectivity index (χ2n) is 4.84. The molecule has 0 bridgehead atoms. The van der Waals surface area contributed by atoms with Gasteiger partial charge < -0.3 is 4.74 Å². The Labute approximate surface area is 151 Å². The van der Waals surface area contributed by atoms with Crippen LogP contribution in [0.1, 0.15) is 15.9 Å². The van der Waals surface area contributed by atoms with Crippen LogP contribution in [0.15, 0.2) is 30.3 Å². The summed E-state index contributed by atoms with van der Waals surface area (Å²) in [6, 6.07) is 2.89. The summed E-state index contributed by atoms with van der Waals surface area (Å²) in [5.41, 5.74) is -5.61. The molecular formula is C14H5ClF4N2O6. The van der Waals surface area contributed by atoms with Gasteiger partial charge in [0.1, 0.15) is 11.4 Å². The number of hydrogen-bond acceptors (Lipinski definition) is 6. The molecular weight excluding hydrogens is 404 g/mol. The minimum absolute atomic E-state index is 0.0431. The van der Waals surface area contributed by atoms with E-state index >= 15 is 0 Å². The van der Waals surface area contributed by atoms with Gasteiger partial charge in [-0.15, -0.1) is 0 Å². The van der Waals surface area contributed by atoms with Gasteiger partial charge >= 0.3 is 23.5 Å². The number of hydrogen-bond donors (Lipinski definition) is 0. The van der Waals surface area contributed by atoms with E-state index in [1.165, 1.54) is 0 Å². The third kappa shape index (κ3) is 4.11. The van der Waals surface area contributed by atoms with Gasteiger partial charge in [0.25, 0.3) is 5.75 Å². The van der Waals surface area contributed by atoms with E-state index in [9.17, 15) is 42.6 Å². The van der Waals surface area contributed by atoms with E-state index in [0.29, 0.717) is 0 Å². The molecule has 142 valence electrons. The molecule has 0 radical (unpaired) electrons. The first kappa shape index (κ1) is 20.0. The summed E-state index contributed by atoms with van der Waals surface area (Å²) >= 11 is 5.62. The highest BCUT2D eigenvalue weighted by Crippen LogP contribution is 2.43. The van der Waals surface area contributed by atoms with E-state index in [-0.39, 0.29) is 12.1 Å². The lowest BCUT2D eigenvalue weighted by atomic mass is 10.1. The summed E-state index contributed by atoms with van der Waals surface area (Å²) in [4.78, 5) is 31.4. The van der Waals surface area contributed by atoms with Gasteiger partial charge in [0.05, 0.1) is 20.4 Å². The predicted octanol–water partition coefficient (Wildman–Crippen LogP) is 4.53. The molecule has 2 aromatic carbocycles. The fraction of sp³-hybridized carbons (Fsp3) is 0.0714. The lowest BCUT2D eigenvalue weighted by Gasteiger charge is -2.10. The quantitative estimate of drug-likeness (QED) is 0.241. The molecule has 2 rings (SSSR count). The van der Waals surface area contributed by atoms with Gasteiger partial charge in [-0.25, -0.2) is 9.18 Å². The summed E-state index contributed by atoms with van der Waals surface area (Å²) in [5, 5.41) is 21.6. The Balaban J connectivity index is 2.66. The Hall–Kier alpha value is -3.28. The number of rotatable bonds is 4. The normalized spacial score (nSPS) is 11.1. The molecule has 0 amide bonds. The first-order valence-corrected chi connectivity index (χ1v) is 7.01. The van der Waals surface area contributed by atoms with E-state index in [0.717, 1.165) is 18.2 Å². The smallest absolute Gasteiger partial charge is 0.408 e. The second-order valence-corrected chi connectivity index (χ2v) is 5.25. The van der Waals surface area contributed by atoms with Crippen molar-refractivity contribution in [3.63, 3.8) is 0 Å². The summed E-state index contributed by atoms with van der Waals surface area (Å²) in [6.07, 6.45) is -5.15. The molecule has 2 aromatic rings. The average molecular weight is 409 g/mol. The van der Waals surface area contributed by atoms with Crippen LogP contribution in [0, 0.1) is 26.0 Å². The Morgan fingerprint density at radius 2 is 1.59 bits per heavy atom. The number of alkyl halides is 3. The third-order valence-electron chi connectivity index (χ3n) is 3.13. The number of halogens is 5. The first-order chi connectivity index (χ1) is 12.4. The maximum atomic E-state index is 13.7. The van der Waals surface area contributed by atoms with E-state index < -0.39 is 61.1 Å². The van der Waals surface area contributed by atoms with E-state index in [1.807, 2.05) is 0 Å². The van der Waals surface area contributed by atoms with Crippen molar-refractivity contribution in [1.82, 2.24) is 0 Å². The Morgan fingerprint density at radius 1 is 1.07 bits per heavy atom. The monoisotopic (exact) mass is 408 g/mol. The number of ether oxygens (including phenoxy) is 1. The second kappa shape index (κ2) is 7.15. The van der Waals surface area contributed by atoms with Gasteiger partial charge in [-0.2, -0.15) is 13.2 Å². The van der Waals surface area contributed by atoms with Crippen LogP contribution in [0.5, 0.6) is 5.75 Å². The zero-order chi connectivity index (χ0) is 20.5. The van der Waals surface area contributed by atoms with Crippen molar-refractivity contribution in [3.8, 4) is 5.75 Å². The third-order valence-corrected chi connectivity index (χ3v) is 3.45. The average Bonchev–Trinajstić information content (AvgIpc) is 2.53. The Kier molecular flexibility index (Phi) is 5.31. The molecule has 0 aromatic heterocycles. The molecule has 27 heavy (non-hydrogen) atoms. The molecule has 0 atom stereocenters. The standard InChI is InChI=1S/C14H5ClF4N2O6/c15-7-2-1-3-8(16)11(7)13(22)27-12-9(20(23)24)4-6(14(17,18)19)5-10(12)21(25)26/h1-5H. The molecule has 0 unspecified atom stereocenters. The van der Waals surface area contributed by atoms with Crippen molar-refractivity contribution in [2.75, 3.05) is 0 Å². The minimum Gasteiger partial charge on any atom is -0.408 e. The molecule has 0 saturated carbocycles. The van der Waals surface area contributed by atoms with Crippen molar-refractivity contribution in [2.45, 2.75) is 6.18 Å². The summed E-state index contributed by atoms with van der Waals surface area (Å²) in [5.74, 6) is -4.25. The summed E-state index contributed by atoms with van der Waals surface area (Å²) < 4.78 is 56.7.